The molecule has 0 aliphatic carbocycles. The number of quaternary nitrogens is 1. The van der Waals surface area contributed by atoms with Gasteiger partial charge in [0.2, 0.25) is 0 Å². The largest absolute Gasteiger partial charge is 0.465 e. The third-order valence-electron chi connectivity index (χ3n) is 4.10. The van der Waals surface area contributed by atoms with Crippen LogP contribution >= 0.6 is 0 Å². The molecule has 2 atom stereocenters. The van der Waals surface area contributed by atoms with Crippen LogP contribution in [0.25, 0.3) is 0 Å². The molecule has 0 saturated carbocycles. The standard InChI is InChI=1S/C17H23N3O3/c1-2-22-17(21)14(11-18)12-19-13-15(16-7-6-10-23-16)20-8-4-3-5-9-20/h6-7,10,12,14-15H,2-5,8-9,13H2,1H3/p+1/t14-,15-/m1/s1. The van der Waals surface area contributed by atoms with Crippen LogP contribution in [-0.4, -0.2) is 38.4 Å². The number of carbonyl (C=O) groups excluding carboxylic acids is 1. The fourth-order valence-corrected chi connectivity index (χ4v) is 2.91. The average molecular weight is 318 g/mol. The molecule has 0 aromatic carbocycles. The van der Waals surface area contributed by atoms with Gasteiger partial charge in [-0.2, -0.15) is 5.26 Å². The predicted molar refractivity (Wildman–Crippen MR) is 85.1 cm³/mol. The molecule has 0 unspecified atom stereocenters. The van der Waals surface area contributed by atoms with Gasteiger partial charge >= 0.3 is 5.97 Å². The van der Waals surface area contributed by atoms with Crippen molar-refractivity contribution in [2.75, 3.05) is 26.2 Å². The lowest BCUT2D eigenvalue weighted by atomic mass is 10.1. The maximum Gasteiger partial charge on any atom is 0.328 e. The molecule has 23 heavy (non-hydrogen) atoms. The van der Waals surface area contributed by atoms with Gasteiger partial charge < -0.3 is 14.1 Å². The Morgan fingerprint density at radius 2 is 2.30 bits per heavy atom. The van der Waals surface area contributed by atoms with Gasteiger partial charge in [0, 0.05) is 6.21 Å². The number of rotatable bonds is 7. The number of nitrogens with zero attached hydrogens (tertiary/aromatic N) is 2. The SMILES string of the molecule is CCOC(=O)[C@H](C#N)C=NC[C@H](c1ccco1)[NH+]1CCCCC1. The molecular weight excluding hydrogens is 294 g/mol. The van der Waals surface area contributed by atoms with Crippen LogP contribution in [0.1, 0.15) is 38.0 Å². The van der Waals surface area contributed by atoms with E-state index < -0.39 is 11.9 Å². The van der Waals surface area contributed by atoms with E-state index in [9.17, 15) is 4.79 Å². The van der Waals surface area contributed by atoms with E-state index in [2.05, 4.69) is 4.99 Å². The summed E-state index contributed by atoms with van der Waals surface area (Å²) in [6.45, 7) is 4.68. The Bertz CT molecular complexity index is 542. The van der Waals surface area contributed by atoms with Crippen molar-refractivity contribution in [3.05, 3.63) is 24.2 Å². The molecule has 0 radical (unpaired) electrons. The number of ether oxygens (including phenoxy) is 1. The van der Waals surface area contributed by atoms with Crippen molar-refractivity contribution in [2.24, 2.45) is 10.9 Å². The maximum absolute atomic E-state index is 11.6. The van der Waals surface area contributed by atoms with Crippen LogP contribution in [0.4, 0.5) is 0 Å². The van der Waals surface area contributed by atoms with E-state index in [-0.39, 0.29) is 12.6 Å². The molecule has 0 bridgehead atoms. The van der Waals surface area contributed by atoms with Crippen LogP contribution in [0.3, 0.4) is 0 Å². The summed E-state index contributed by atoms with van der Waals surface area (Å²) in [6.07, 6.45) is 6.76. The molecule has 1 fully saturated rings. The Morgan fingerprint density at radius 1 is 1.52 bits per heavy atom. The van der Waals surface area contributed by atoms with E-state index in [1.54, 1.807) is 13.2 Å². The fraction of sp³-hybridized carbons (Fsp3) is 0.588. The lowest BCUT2D eigenvalue weighted by Crippen LogP contribution is -3.13. The molecule has 1 aliphatic heterocycles. The Labute approximate surface area is 136 Å². The molecule has 1 N–H and O–H groups in total. The monoisotopic (exact) mass is 318 g/mol. The zero-order chi connectivity index (χ0) is 16.5. The van der Waals surface area contributed by atoms with Gasteiger partial charge in [0.25, 0.3) is 0 Å². The summed E-state index contributed by atoms with van der Waals surface area (Å²) in [4.78, 5) is 17.4. The molecule has 0 amide bonds. The highest BCUT2D eigenvalue weighted by Gasteiger charge is 2.28. The van der Waals surface area contributed by atoms with Crippen LogP contribution in [0.5, 0.6) is 0 Å². The molecule has 6 nitrogen and oxygen atoms in total. The van der Waals surface area contributed by atoms with Gasteiger partial charge in [-0.3, -0.25) is 9.79 Å². The normalized spacial score (nSPS) is 18.4. The number of aliphatic imine (C=N–C) groups is 1. The highest BCUT2D eigenvalue weighted by molar-refractivity contribution is 5.92. The second kappa shape index (κ2) is 9.11. The quantitative estimate of drug-likeness (QED) is 0.604. The summed E-state index contributed by atoms with van der Waals surface area (Å²) < 4.78 is 10.4. The number of likely N-dealkylation sites (tertiary alicyclic amines) is 1. The molecule has 1 saturated heterocycles. The van der Waals surface area contributed by atoms with Gasteiger partial charge in [-0.1, -0.05) is 0 Å². The summed E-state index contributed by atoms with van der Waals surface area (Å²) in [7, 11) is 0. The fourth-order valence-electron chi connectivity index (χ4n) is 2.91. The molecule has 6 heteroatoms. The van der Waals surface area contributed by atoms with Crippen molar-refractivity contribution in [1.82, 2.24) is 0 Å². The van der Waals surface area contributed by atoms with Gasteiger partial charge in [-0.25, -0.2) is 0 Å². The zero-order valence-corrected chi connectivity index (χ0v) is 13.5. The molecule has 124 valence electrons. The lowest BCUT2D eigenvalue weighted by Gasteiger charge is -2.29. The predicted octanol–water partition coefficient (Wildman–Crippen LogP) is 1.16. The average Bonchev–Trinajstić information content (AvgIpc) is 3.10. The van der Waals surface area contributed by atoms with Gasteiger partial charge in [-0.15, -0.1) is 0 Å². The number of nitriles is 1. The molecular formula is C17H24N3O3+. The number of hydrogen-bond donors (Lipinski definition) is 1. The molecule has 0 spiro atoms. The number of hydrogen-bond acceptors (Lipinski definition) is 5. The number of furan rings is 1. The first kappa shape index (κ1) is 17.2. The first-order chi connectivity index (χ1) is 11.3. The third-order valence-corrected chi connectivity index (χ3v) is 4.10. The summed E-state index contributed by atoms with van der Waals surface area (Å²) in [5.74, 6) is -0.578. The van der Waals surface area contributed by atoms with Crippen molar-refractivity contribution >= 4 is 12.2 Å². The number of carbonyl (C=O) groups is 1. The Hall–Kier alpha value is -2.13. The number of esters is 1. The topological polar surface area (TPSA) is 80.0 Å². The van der Waals surface area contributed by atoms with Crippen LogP contribution in [0.2, 0.25) is 0 Å². The lowest BCUT2D eigenvalue weighted by molar-refractivity contribution is -0.935. The van der Waals surface area contributed by atoms with E-state index in [0.717, 1.165) is 18.8 Å². The molecule has 2 heterocycles. The molecule has 2 rings (SSSR count). The van der Waals surface area contributed by atoms with Gasteiger partial charge in [-0.05, 0) is 38.3 Å². The van der Waals surface area contributed by atoms with E-state index in [1.807, 2.05) is 18.2 Å². The third kappa shape index (κ3) is 4.93. The van der Waals surface area contributed by atoms with E-state index in [4.69, 9.17) is 14.4 Å². The summed E-state index contributed by atoms with van der Waals surface area (Å²) >= 11 is 0. The van der Waals surface area contributed by atoms with E-state index in [1.165, 1.54) is 30.4 Å². The summed E-state index contributed by atoms with van der Waals surface area (Å²) in [5.41, 5.74) is 0. The Balaban J connectivity index is 2.01. The minimum Gasteiger partial charge on any atom is -0.465 e. The minimum atomic E-state index is -0.941. The van der Waals surface area contributed by atoms with Crippen molar-refractivity contribution < 1.29 is 18.8 Å². The Kier molecular flexibility index (Phi) is 6.82. The van der Waals surface area contributed by atoms with Gasteiger partial charge in [0.1, 0.15) is 0 Å². The Morgan fingerprint density at radius 3 is 2.91 bits per heavy atom. The van der Waals surface area contributed by atoms with Gasteiger partial charge in [0.15, 0.2) is 17.7 Å². The van der Waals surface area contributed by atoms with Crippen molar-refractivity contribution in [1.29, 1.82) is 5.26 Å². The van der Waals surface area contributed by atoms with Crippen molar-refractivity contribution in [2.45, 2.75) is 32.2 Å². The molecule has 1 aromatic heterocycles. The maximum atomic E-state index is 11.6. The van der Waals surface area contributed by atoms with E-state index in [0.29, 0.717) is 6.54 Å². The number of nitrogens with one attached hydrogen (secondary N) is 1. The smallest absolute Gasteiger partial charge is 0.328 e. The second-order valence-corrected chi connectivity index (χ2v) is 5.66. The van der Waals surface area contributed by atoms with Crippen molar-refractivity contribution in [3.63, 3.8) is 0 Å². The highest BCUT2D eigenvalue weighted by Crippen LogP contribution is 2.12. The van der Waals surface area contributed by atoms with E-state index >= 15 is 0 Å². The summed E-state index contributed by atoms with van der Waals surface area (Å²) in [5, 5.41) is 9.06. The van der Waals surface area contributed by atoms with Crippen molar-refractivity contribution in [3.8, 4) is 6.07 Å². The highest BCUT2D eigenvalue weighted by atomic mass is 16.5. The van der Waals surface area contributed by atoms with Crippen LogP contribution < -0.4 is 4.90 Å². The van der Waals surface area contributed by atoms with Crippen LogP contribution in [0, 0.1) is 17.2 Å². The zero-order valence-electron chi connectivity index (χ0n) is 13.5. The minimum absolute atomic E-state index is 0.128. The van der Waals surface area contributed by atoms with Gasteiger partial charge in [0.05, 0.1) is 38.6 Å². The van der Waals surface area contributed by atoms with Crippen LogP contribution in [0.15, 0.2) is 27.8 Å². The second-order valence-electron chi connectivity index (χ2n) is 5.66. The first-order valence-corrected chi connectivity index (χ1v) is 8.20. The molecule has 1 aliphatic rings. The van der Waals surface area contributed by atoms with Crippen LogP contribution in [-0.2, 0) is 9.53 Å². The molecule has 1 aromatic rings. The summed E-state index contributed by atoms with van der Waals surface area (Å²) in [6, 6.07) is 5.90. The first-order valence-electron chi connectivity index (χ1n) is 8.20. The number of piperidine rings is 1.